The molecular formula is C32H35F4NO4. The maximum absolute atomic E-state index is 15.3. The van der Waals surface area contributed by atoms with Crippen molar-refractivity contribution in [3.8, 4) is 16.9 Å². The third-order valence-corrected chi connectivity index (χ3v) is 6.77. The van der Waals surface area contributed by atoms with E-state index in [1.165, 1.54) is 25.3 Å². The molecule has 0 heterocycles. The van der Waals surface area contributed by atoms with Crippen LogP contribution >= 0.6 is 0 Å². The summed E-state index contributed by atoms with van der Waals surface area (Å²) in [7, 11) is 1.26. The Kier molecular flexibility index (Phi) is 11.3. The number of hydrogen-bond donors (Lipinski definition) is 1. The van der Waals surface area contributed by atoms with Crippen molar-refractivity contribution < 1.29 is 36.6 Å². The Bertz CT molecular complexity index is 1320. The largest absolute Gasteiger partial charge is 0.486 e. The fourth-order valence-corrected chi connectivity index (χ4v) is 4.48. The van der Waals surface area contributed by atoms with Crippen LogP contribution in [0.1, 0.15) is 78.6 Å². The number of alkyl halides is 3. The lowest BCUT2D eigenvalue weighted by Crippen LogP contribution is -2.26. The molecule has 0 aliphatic heterocycles. The summed E-state index contributed by atoms with van der Waals surface area (Å²) in [4.78, 5) is 23.7. The molecule has 5 nitrogen and oxygen atoms in total. The van der Waals surface area contributed by atoms with Crippen molar-refractivity contribution in [1.82, 2.24) is 5.32 Å². The summed E-state index contributed by atoms with van der Waals surface area (Å²) in [6.45, 7) is 4.01. The molecular weight excluding hydrogens is 538 g/mol. The van der Waals surface area contributed by atoms with E-state index in [1.54, 1.807) is 24.3 Å². The summed E-state index contributed by atoms with van der Waals surface area (Å²) in [5, 5.41) is 2.57. The van der Waals surface area contributed by atoms with Gasteiger partial charge in [0.2, 0.25) is 0 Å². The fraction of sp³-hybridized carbons (Fsp3) is 0.375. The minimum atomic E-state index is -4.40. The lowest BCUT2D eigenvalue weighted by molar-refractivity contribution is -0.140. The fourth-order valence-electron chi connectivity index (χ4n) is 4.48. The van der Waals surface area contributed by atoms with Crippen LogP contribution in [0.3, 0.4) is 0 Å². The van der Waals surface area contributed by atoms with Crippen molar-refractivity contribution in [3.63, 3.8) is 0 Å². The molecule has 0 aliphatic carbocycles. The topological polar surface area (TPSA) is 64.6 Å². The van der Waals surface area contributed by atoms with Gasteiger partial charge in [-0.15, -0.1) is 0 Å². The Morgan fingerprint density at radius 2 is 1.68 bits per heavy atom. The standard InChI is InChI=1S/C32H35F4NO4/c1-4-5-6-7-8-29(27-15-11-23(20-28(27)33)31(39)37-18-17-30(38)40-3)41-25-14-16-26(21(2)19-25)22-9-12-24(13-10-22)32(34,35)36/h9-16,19-20,29H,4-8,17-18H2,1-3H3,(H,37,39). The van der Waals surface area contributed by atoms with E-state index in [0.29, 0.717) is 23.3 Å². The molecule has 0 spiro atoms. The number of nitrogens with one attached hydrogen (secondary N) is 1. The SMILES string of the molecule is CCCCCCC(Oc1ccc(-c2ccc(C(F)(F)F)cc2)c(C)c1)c1ccc(C(=O)NCCC(=O)OC)cc1F. The van der Waals surface area contributed by atoms with Crippen LogP contribution in [-0.2, 0) is 15.7 Å². The first-order chi connectivity index (χ1) is 19.5. The number of carbonyl (C=O) groups is 2. The molecule has 3 aromatic carbocycles. The van der Waals surface area contributed by atoms with E-state index in [1.807, 2.05) is 6.92 Å². The summed E-state index contributed by atoms with van der Waals surface area (Å²) < 4.78 is 65.0. The van der Waals surface area contributed by atoms with Gasteiger partial charge in [-0.3, -0.25) is 9.59 Å². The van der Waals surface area contributed by atoms with E-state index >= 15 is 4.39 Å². The van der Waals surface area contributed by atoms with Gasteiger partial charge < -0.3 is 14.8 Å². The molecule has 1 atom stereocenters. The number of hydrogen-bond acceptors (Lipinski definition) is 4. The number of amides is 1. The van der Waals surface area contributed by atoms with E-state index in [4.69, 9.17) is 4.74 Å². The highest BCUT2D eigenvalue weighted by Crippen LogP contribution is 2.34. The minimum absolute atomic E-state index is 0.00749. The van der Waals surface area contributed by atoms with E-state index in [0.717, 1.165) is 55.0 Å². The van der Waals surface area contributed by atoms with Gasteiger partial charge in [-0.05, 0) is 72.9 Å². The third kappa shape index (κ3) is 9.06. The van der Waals surface area contributed by atoms with Crippen LogP contribution in [0.15, 0.2) is 60.7 Å². The lowest BCUT2D eigenvalue weighted by atomic mass is 9.98. The second-order valence-corrected chi connectivity index (χ2v) is 9.83. The van der Waals surface area contributed by atoms with Crippen LogP contribution in [0.5, 0.6) is 5.75 Å². The molecule has 3 rings (SSSR count). The van der Waals surface area contributed by atoms with Crippen molar-refractivity contribution in [3.05, 3.63) is 88.7 Å². The summed E-state index contributed by atoms with van der Waals surface area (Å²) in [5.41, 5.74) is 1.93. The Hall–Kier alpha value is -3.88. The number of halogens is 4. The number of methoxy groups -OCH3 is 1. The number of ether oxygens (including phenoxy) is 2. The summed E-state index contributed by atoms with van der Waals surface area (Å²) in [6, 6.07) is 14.5. The summed E-state index contributed by atoms with van der Waals surface area (Å²) in [6.07, 6.45) is -0.584. The normalized spacial score (nSPS) is 12.1. The Balaban J connectivity index is 1.79. The van der Waals surface area contributed by atoms with Crippen molar-refractivity contribution in [2.45, 2.75) is 64.7 Å². The first kappa shape index (κ1) is 31.6. The molecule has 0 aromatic heterocycles. The van der Waals surface area contributed by atoms with Crippen LogP contribution in [-0.4, -0.2) is 25.5 Å². The van der Waals surface area contributed by atoms with Gasteiger partial charge >= 0.3 is 12.1 Å². The smallest absolute Gasteiger partial charge is 0.416 e. The number of aryl methyl sites for hydroxylation is 1. The van der Waals surface area contributed by atoms with Crippen molar-refractivity contribution in [1.29, 1.82) is 0 Å². The van der Waals surface area contributed by atoms with Crippen molar-refractivity contribution >= 4 is 11.9 Å². The van der Waals surface area contributed by atoms with Gasteiger partial charge in [0, 0.05) is 17.7 Å². The Morgan fingerprint density at radius 3 is 2.29 bits per heavy atom. The highest BCUT2D eigenvalue weighted by atomic mass is 19.4. The minimum Gasteiger partial charge on any atom is -0.486 e. The van der Waals surface area contributed by atoms with Crippen LogP contribution in [0.4, 0.5) is 17.6 Å². The number of esters is 1. The summed E-state index contributed by atoms with van der Waals surface area (Å²) >= 11 is 0. The first-order valence-electron chi connectivity index (χ1n) is 13.6. The molecule has 41 heavy (non-hydrogen) atoms. The molecule has 3 aromatic rings. The van der Waals surface area contributed by atoms with Gasteiger partial charge in [-0.25, -0.2) is 4.39 Å². The number of carbonyl (C=O) groups excluding carboxylic acids is 2. The average molecular weight is 574 g/mol. The zero-order valence-corrected chi connectivity index (χ0v) is 23.4. The molecule has 0 fully saturated rings. The summed E-state index contributed by atoms with van der Waals surface area (Å²) in [5.74, 6) is -1.04. The monoisotopic (exact) mass is 573 g/mol. The zero-order valence-electron chi connectivity index (χ0n) is 23.4. The van der Waals surface area contributed by atoms with Gasteiger partial charge in [0.15, 0.2) is 0 Å². The maximum atomic E-state index is 15.3. The molecule has 0 saturated heterocycles. The number of rotatable bonds is 13. The molecule has 0 bridgehead atoms. The van der Waals surface area contributed by atoms with E-state index in [9.17, 15) is 22.8 Å². The molecule has 1 amide bonds. The molecule has 0 aliphatic rings. The predicted octanol–water partition coefficient (Wildman–Crippen LogP) is 8.20. The van der Waals surface area contributed by atoms with Crippen LogP contribution in [0.2, 0.25) is 0 Å². The molecule has 0 radical (unpaired) electrons. The molecule has 9 heteroatoms. The second kappa shape index (κ2) is 14.7. The van der Waals surface area contributed by atoms with E-state index in [-0.39, 0.29) is 18.5 Å². The van der Waals surface area contributed by atoms with Crippen LogP contribution < -0.4 is 10.1 Å². The predicted molar refractivity (Wildman–Crippen MR) is 149 cm³/mol. The maximum Gasteiger partial charge on any atom is 0.416 e. The van der Waals surface area contributed by atoms with Gasteiger partial charge in [0.25, 0.3) is 5.91 Å². The molecule has 1 unspecified atom stereocenters. The zero-order chi connectivity index (χ0) is 30.0. The lowest BCUT2D eigenvalue weighted by Gasteiger charge is -2.21. The van der Waals surface area contributed by atoms with Gasteiger partial charge in [-0.2, -0.15) is 13.2 Å². The Labute approximate surface area is 237 Å². The number of benzene rings is 3. The van der Waals surface area contributed by atoms with Crippen molar-refractivity contribution in [2.24, 2.45) is 0 Å². The molecule has 220 valence electrons. The average Bonchev–Trinajstić information content (AvgIpc) is 2.94. The van der Waals surface area contributed by atoms with Gasteiger partial charge in [0.1, 0.15) is 17.7 Å². The molecule has 1 N–H and O–H groups in total. The van der Waals surface area contributed by atoms with Crippen LogP contribution in [0, 0.1) is 12.7 Å². The van der Waals surface area contributed by atoms with Crippen LogP contribution in [0.25, 0.3) is 11.1 Å². The quantitative estimate of drug-likeness (QED) is 0.127. The van der Waals surface area contributed by atoms with E-state index < -0.39 is 35.5 Å². The van der Waals surface area contributed by atoms with E-state index in [2.05, 4.69) is 17.0 Å². The Morgan fingerprint density at radius 1 is 0.951 bits per heavy atom. The first-order valence-corrected chi connectivity index (χ1v) is 13.6. The number of unbranched alkanes of at least 4 members (excludes halogenated alkanes) is 3. The second-order valence-electron chi connectivity index (χ2n) is 9.83. The van der Waals surface area contributed by atoms with Gasteiger partial charge in [0.05, 0.1) is 19.1 Å². The molecule has 0 saturated carbocycles. The van der Waals surface area contributed by atoms with Crippen molar-refractivity contribution in [2.75, 3.05) is 13.7 Å². The highest BCUT2D eigenvalue weighted by Gasteiger charge is 2.30. The third-order valence-electron chi connectivity index (χ3n) is 6.77. The van der Waals surface area contributed by atoms with Gasteiger partial charge in [-0.1, -0.05) is 50.5 Å². The highest BCUT2D eigenvalue weighted by molar-refractivity contribution is 5.94.